The zero-order valence-corrected chi connectivity index (χ0v) is 18.0. The normalized spacial score (nSPS) is 14.2. The zero-order chi connectivity index (χ0) is 24.8. The van der Waals surface area contributed by atoms with E-state index in [-0.39, 0.29) is 31.1 Å². The SMILES string of the molecule is NC(N)=NCCCC(NC(=O)C(CS)NC(=O)C(N)CO)C(=O)NC(CC(=O)O)C(=O)O. The number of aliphatic imine (C=N–C) groups is 1. The highest BCUT2D eigenvalue weighted by molar-refractivity contribution is 7.80. The molecule has 182 valence electrons. The van der Waals surface area contributed by atoms with Crippen LogP contribution in [0, 0.1) is 0 Å². The van der Waals surface area contributed by atoms with E-state index >= 15 is 0 Å². The van der Waals surface area contributed by atoms with Crippen molar-refractivity contribution >= 4 is 48.2 Å². The fourth-order valence-corrected chi connectivity index (χ4v) is 2.50. The van der Waals surface area contributed by atoms with Gasteiger partial charge in [0.1, 0.15) is 24.2 Å². The minimum Gasteiger partial charge on any atom is -0.481 e. The molecule has 0 aliphatic carbocycles. The highest BCUT2D eigenvalue weighted by Gasteiger charge is 2.30. The smallest absolute Gasteiger partial charge is 0.326 e. The summed E-state index contributed by atoms with van der Waals surface area (Å²) < 4.78 is 0. The number of rotatable bonds is 15. The third kappa shape index (κ3) is 11.3. The van der Waals surface area contributed by atoms with Crippen LogP contribution in [0.15, 0.2) is 4.99 Å². The Kier molecular flexibility index (Phi) is 13.4. The molecule has 15 nitrogen and oxygen atoms in total. The van der Waals surface area contributed by atoms with Crippen LogP contribution in [0.1, 0.15) is 19.3 Å². The van der Waals surface area contributed by atoms with Crippen LogP contribution in [0.3, 0.4) is 0 Å². The van der Waals surface area contributed by atoms with Gasteiger partial charge in [-0.15, -0.1) is 0 Å². The van der Waals surface area contributed by atoms with Crippen molar-refractivity contribution in [1.29, 1.82) is 0 Å². The number of guanidine groups is 1. The Morgan fingerprint density at radius 1 is 0.906 bits per heavy atom. The molecular weight excluding hydrogens is 450 g/mol. The van der Waals surface area contributed by atoms with Gasteiger partial charge >= 0.3 is 11.9 Å². The van der Waals surface area contributed by atoms with Crippen LogP contribution in [-0.2, 0) is 24.0 Å². The van der Waals surface area contributed by atoms with Crippen LogP contribution in [0.2, 0.25) is 0 Å². The van der Waals surface area contributed by atoms with E-state index in [1.165, 1.54) is 0 Å². The van der Waals surface area contributed by atoms with E-state index in [9.17, 15) is 24.0 Å². The molecule has 0 rings (SSSR count). The molecule has 4 atom stereocenters. The molecule has 3 amide bonds. The van der Waals surface area contributed by atoms with Crippen molar-refractivity contribution in [2.75, 3.05) is 18.9 Å². The largest absolute Gasteiger partial charge is 0.481 e. The fraction of sp³-hybridized carbons (Fsp3) is 0.625. The first-order chi connectivity index (χ1) is 14.9. The first-order valence-electron chi connectivity index (χ1n) is 9.31. The highest BCUT2D eigenvalue weighted by Crippen LogP contribution is 2.03. The van der Waals surface area contributed by atoms with Gasteiger partial charge in [-0.2, -0.15) is 12.6 Å². The number of aliphatic hydroxyl groups is 1. The molecule has 0 saturated carbocycles. The van der Waals surface area contributed by atoms with E-state index < -0.39 is 66.9 Å². The molecule has 0 bridgehead atoms. The van der Waals surface area contributed by atoms with E-state index in [0.717, 1.165) is 0 Å². The third-order valence-electron chi connectivity index (χ3n) is 3.92. The summed E-state index contributed by atoms with van der Waals surface area (Å²) in [6, 6.07) is -5.56. The zero-order valence-electron chi connectivity index (χ0n) is 17.1. The summed E-state index contributed by atoms with van der Waals surface area (Å²) in [4.78, 5) is 62.7. The second-order valence-corrected chi connectivity index (χ2v) is 6.91. The van der Waals surface area contributed by atoms with Crippen LogP contribution in [0.25, 0.3) is 0 Å². The van der Waals surface area contributed by atoms with E-state index in [1.807, 2.05) is 5.32 Å². The Bertz CT molecular complexity index is 717. The first-order valence-corrected chi connectivity index (χ1v) is 9.94. The summed E-state index contributed by atoms with van der Waals surface area (Å²) in [6.45, 7) is -0.569. The lowest BCUT2D eigenvalue weighted by Crippen LogP contribution is -2.58. The Hall–Kier alpha value is -3.11. The standard InChI is InChI=1S/C16H29N7O8S/c17-7(5-24)12(27)23-10(6-32)14(29)21-8(2-1-3-20-16(18)19)13(28)22-9(15(30)31)4-11(25)26/h7-10,24,32H,1-6,17H2,(H,21,29)(H,22,28)(H,23,27)(H,25,26)(H,30,31)(H4,18,19,20). The van der Waals surface area contributed by atoms with Crippen molar-refractivity contribution in [1.82, 2.24) is 16.0 Å². The van der Waals surface area contributed by atoms with Crippen LogP contribution in [0.5, 0.6) is 0 Å². The number of carbonyl (C=O) groups excluding carboxylic acids is 3. The molecule has 0 aromatic heterocycles. The number of carboxylic acid groups (broad SMARTS) is 2. The van der Waals surface area contributed by atoms with Gasteiger partial charge in [0.05, 0.1) is 13.0 Å². The third-order valence-corrected chi connectivity index (χ3v) is 4.29. The Balaban J connectivity index is 5.39. The van der Waals surface area contributed by atoms with Crippen molar-refractivity contribution in [3.05, 3.63) is 0 Å². The minimum absolute atomic E-state index is 0.0445. The van der Waals surface area contributed by atoms with Crippen molar-refractivity contribution in [3.63, 3.8) is 0 Å². The van der Waals surface area contributed by atoms with Crippen molar-refractivity contribution in [2.45, 2.75) is 43.4 Å². The van der Waals surface area contributed by atoms with Gasteiger partial charge in [0, 0.05) is 12.3 Å². The summed E-state index contributed by atoms with van der Waals surface area (Å²) in [5.41, 5.74) is 15.8. The maximum atomic E-state index is 12.6. The molecule has 0 heterocycles. The molecule has 0 aromatic rings. The summed E-state index contributed by atoms with van der Waals surface area (Å²) >= 11 is 3.96. The lowest BCUT2D eigenvalue weighted by atomic mass is 10.1. The summed E-state index contributed by atoms with van der Waals surface area (Å²) in [5.74, 6) is -6.05. The minimum atomic E-state index is -1.74. The number of amides is 3. The number of nitrogens with two attached hydrogens (primary N) is 3. The molecule has 0 aromatic carbocycles. The van der Waals surface area contributed by atoms with Gasteiger partial charge in [0.25, 0.3) is 0 Å². The highest BCUT2D eigenvalue weighted by atomic mass is 32.1. The van der Waals surface area contributed by atoms with E-state index in [2.05, 4.69) is 28.3 Å². The first kappa shape index (κ1) is 28.9. The number of aliphatic carboxylic acids is 2. The summed E-state index contributed by atoms with van der Waals surface area (Å²) in [5, 5.41) is 33.5. The van der Waals surface area contributed by atoms with Crippen LogP contribution in [0.4, 0.5) is 0 Å². The molecule has 12 N–H and O–H groups in total. The predicted octanol–water partition coefficient (Wildman–Crippen LogP) is -4.70. The molecule has 0 spiro atoms. The molecule has 32 heavy (non-hydrogen) atoms. The second kappa shape index (κ2) is 14.8. The van der Waals surface area contributed by atoms with Gasteiger partial charge in [0.2, 0.25) is 17.7 Å². The maximum absolute atomic E-state index is 12.6. The number of carbonyl (C=O) groups is 5. The van der Waals surface area contributed by atoms with Crippen LogP contribution in [-0.4, -0.2) is 94.0 Å². The van der Waals surface area contributed by atoms with Gasteiger partial charge in [-0.25, -0.2) is 4.79 Å². The molecule has 0 radical (unpaired) electrons. The number of nitrogens with one attached hydrogen (secondary N) is 3. The number of carboxylic acids is 2. The molecule has 4 unspecified atom stereocenters. The Labute approximate surface area is 188 Å². The quantitative estimate of drug-likeness (QED) is 0.0461. The van der Waals surface area contributed by atoms with Crippen molar-refractivity contribution < 1.29 is 39.3 Å². The second-order valence-electron chi connectivity index (χ2n) is 6.54. The van der Waals surface area contributed by atoms with Crippen molar-refractivity contribution in [3.8, 4) is 0 Å². The topological polar surface area (TPSA) is 273 Å². The number of hydrogen-bond donors (Lipinski definition) is 10. The molecule has 0 aliphatic rings. The number of nitrogens with zero attached hydrogens (tertiary/aromatic N) is 1. The predicted molar refractivity (Wildman–Crippen MR) is 115 cm³/mol. The average molecular weight is 480 g/mol. The van der Waals surface area contributed by atoms with Gasteiger partial charge in [-0.1, -0.05) is 0 Å². The summed E-state index contributed by atoms with van der Waals surface area (Å²) in [6.07, 6.45) is -0.735. The van der Waals surface area contributed by atoms with Gasteiger partial charge in [0.15, 0.2) is 5.96 Å². The van der Waals surface area contributed by atoms with E-state index in [4.69, 9.17) is 32.5 Å². The summed E-state index contributed by atoms with van der Waals surface area (Å²) in [7, 11) is 0. The molecule has 16 heteroatoms. The fourth-order valence-electron chi connectivity index (χ4n) is 2.25. The molecule has 0 saturated heterocycles. The van der Waals surface area contributed by atoms with Gasteiger partial charge < -0.3 is 48.5 Å². The van der Waals surface area contributed by atoms with Gasteiger partial charge in [-0.3, -0.25) is 24.2 Å². The van der Waals surface area contributed by atoms with Crippen LogP contribution >= 0.6 is 12.6 Å². The van der Waals surface area contributed by atoms with E-state index in [1.54, 1.807) is 0 Å². The van der Waals surface area contributed by atoms with Crippen molar-refractivity contribution in [2.24, 2.45) is 22.2 Å². The maximum Gasteiger partial charge on any atom is 0.326 e. The molecule has 0 aliphatic heterocycles. The van der Waals surface area contributed by atoms with Crippen LogP contribution < -0.4 is 33.2 Å². The molecular formula is C16H29N7O8S. The number of hydrogen-bond acceptors (Lipinski definition) is 9. The lowest BCUT2D eigenvalue weighted by Gasteiger charge is -2.24. The monoisotopic (exact) mass is 479 g/mol. The Morgan fingerprint density at radius 3 is 1.91 bits per heavy atom. The lowest BCUT2D eigenvalue weighted by molar-refractivity contribution is -0.147. The van der Waals surface area contributed by atoms with E-state index in [0.29, 0.717) is 0 Å². The van der Waals surface area contributed by atoms with Gasteiger partial charge in [-0.05, 0) is 12.8 Å². The Morgan fingerprint density at radius 2 is 1.44 bits per heavy atom. The number of thiol groups is 1. The number of aliphatic hydroxyl groups excluding tert-OH is 1. The average Bonchev–Trinajstić information content (AvgIpc) is 2.71. The molecule has 0 fully saturated rings.